The van der Waals surface area contributed by atoms with Crippen molar-refractivity contribution in [3.63, 3.8) is 0 Å². The fourth-order valence-corrected chi connectivity index (χ4v) is 2.64. The Bertz CT molecular complexity index is 255. The van der Waals surface area contributed by atoms with Crippen LogP contribution in [0.2, 0.25) is 0 Å². The Balaban J connectivity index is 5.19. The van der Waals surface area contributed by atoms with Crippen LogP contribution in [-0.2, 0) is 4.79 Å². The van der Waals surface area contributed by atoms with Crippen LogP contribution >= 0.6 is 0 Å². The van der Waals surface area contributed by atoms with Gasteiger partial charge >= 0.3 is 0 Å². The summed E-state index contributed by atoms with van der Waals surface area (Å²) in [5.74, 6) is -0.00111. The van der Waals surface area contributed by atoms with E-state index < -0.39 is 0 Å². The molecule has 0 rings (SSSR count). The Morgan fingerprint density at radius 1 is 0.947 bits per heavy atom. The minimum atomic E-state index is -0.00111. The second-order valence-electron chi connectivity index (χ2n) is 4.66. The maximum Gasteiger partial charge on any atom is 0.248 e. The molecule has 0 aromatic carbocycles. The molecular formula is C15H31N3O. The SMILES string of the molecule is C=CC(=O)N(C(C)N(CC)CC)C(C)N(CC)CC. The molecule has 0 N–H and O–H groups in total. The second-order valence-corrected chi connectivity index (χ2v) is 4.66. The largest absolute Gasteiger partial charge is 0.308 e. The van der Waals surface area contributed by atoms with Crippen LogP contribution in [0.1, 0.15) is 41.5 Å². The van der Waals surface area contributed by atoms with Gasteiger partial charge in [0.2, 0.25) is 5.91 Å². The van der Waals surface area contributed by atoms with Crippen molar-refractivity contribution in [3.05, 3.63) is 12.7 Å². The monoisotopic (exact) mass is 269 g/mol. The van der Waals surface area contributed by atoms with E-state index in [9.17, 15) is 4.79 Å². The molecule has 2 unspecified atom stereocenters. The zero-order valence-electron chi connectivity index (χ0n) is 13.5. The first-order valence-corrected chi connectivity index (χ1v) is 7.41. The number of hydrogen-bond donors (Lipinski definition) is 0. The maximum atomic E-state index is 12.2. The van der Waals surface area contributed by atoms with Crippen molar-refractivity contribution < 1.29 is 4.79 Å². The zero-order valence-corrected chi connectivity index (χ0v) is 13.5. The lowest BCUT2D eigenvalue weighted by Gasteiger charge is -2.43. The Morgan fingerprint density at radius 3 is 1.47 bits per heavy atom. The highest BCUT2D eigenvalue weighted by atomic mass is 16.2. The summed E-state index contributed by atoms with van der Waals surface area (Å²) in [6.07, 6.45) is 1.58. The van der Waals surface area contributed by atoms with E-state index in [1.165, 1.54) is 6.08 Å². The fourth-order valence-electron chi connectivity index (χ4n) is 2.64. The number of hydrogen-bond acceptors (Lipinski definition) is 3. The summed E-state index contributed by atoms with van der Waals surface area (Å²) in [7, 11) is 0. The molecule has 2 atom stereocenters. The van der Waals surface area contributed by atoms with Crippen molar-refractivity contribution in [1.82, 2.24) is 14.7 Å². The Morgan fingerprint density at radius 2 is 1.26 bits per heavy atom. The van der Waals surface area contributed by atoms with E-state index in [-0.39, 0.29) is 18.2 Å². The molecule has 0 aromatic rings. The Kier molecular flexibility index (Phi) is 8.68. The molecule has 0 radical (unpaired) electrons. The minimum Gasteiger partial charge on any atom is -0.308 e. The van der Waals surface area contributed by atoms with Crippen molar-refractivity contribution in [2.24, 2.45) is 0 Å². The van der Waals surface area contributed by atoms with Crippen LogP contribution in [0.3, 0.4) is 0 Å². The van der Waals surface area contributed by atoms with Gasteiger partial charge in [0.05, 0.1) is 12.3 Å². The van der Waals surface area contributed by atoms with Crippen molar-refractivity contribution in [3.8, 4) is 0 Å². The van der Waals surface area contributed by atoms with Gasteiger partial charge in [0.15, 0.2) is 0 Å². The van der Waals surface area contributed by atoms with Crippen LogP contribution in [0.15, 0.2) is 12.7 Å². The van der Waals surface area contributed by atoms with Crippen molar-refractivity contribution in [2.75, 3.05) is 26.2 Å². The number of carbonyl (C=O) groups is 1. The molecule has 0 heterocycles. The Labute approximate surface area is 119 Å². The molecule has 0 fully saturated rings. The number of rotatable bonds is 9. The van der Waals surface area contributed by atoms with Crippen LogP contribution in [0.25, 0.3) is 0 Å². The highest BCUT2D eigenvalue weighted by Crippen LogP contribution is 2.14. The smallest absolute Gasteiger partial charge is 0.248 e. The van der Waals surface area contributed by atoms with Gasteiger partial charge in [-0.1, -0.05) is 34.3 Å². The summed E-state index contributed by atoms with van der Waals surface area (Å²) >= 11 is 0. The van der Waals surface area contributed by atoms with Crippen LogP contribution in [0.4, 0.5) is 0 Å². The highest BCUT2D eigenvalue weighted by molar-refractivity contribution is 5.87. The molecule has 0 saturated heterocycles. The first kappa shape index (κ1) is 18.1. The number of amides is 1. The molecule has 0 aromatic heterocycles. The average molecular weight is 269 g/mol. The van der Waals surface area contributed by atoms with Crippen LogP contribution in [-0.4, -0.2) is 59.1 Å². The molecule has 0 spiro atoms. The van der Waals surface area contributed by atoms with Crippen LogP contribution in [0, 0.1) is 0 Å². The molecule has 0 aliphatic rings. The van der Waals surface area contributed by atoms with Gasteiger partial charge < -0.3 is 4.90 Å². The lowest BCUT2D eigenvalue weighted by Crippen LogP contribution is -2.57. The zero-order chi connectivity index (χ0) is 15.0. The normalized spacial score (nSPS) is 14.5. The van der Waals surface area contributed by atoms with Crippen molar-refractivity contribution in [1.29, 1.82) is 0 Å². The van der Waals surface area contributed by atoms with Gasteiger partial charge in [-0.2, -0.15) is 0 Å². The predicted octanol–water partition coefficient (Wildman–Crippen LogP) is 2.38. The van der Waals surface area contributed by atoms with E-state index in [0.717, 1.165) is 26.2 Å². The summed E-state index contributed by atoms with van der Waals surface area (Å²) in [6, 6.07) is 0. The summed E-state index contributed by atoms with van der Waals surface area (Å²) in [5.41, 5.74) is 0. The molecule has 0 saturated carbocycles. The first-order valence-electron chi connectivity index (χ1n) is 7.41. The molecule has 0 aliphatic heterocycles. The number of nitrogens with zero attached hydrogens (tertiary/aromatic N) is 3. The fraction of sp³-hybridized carbons (Fsp3) is 0.800. The van der Waals surface area contributed by atoms with E-state index in [1.54, 1.807) is 0 Å². The molecule has 1 amide bonds. The van der Waals surface area contributed by atoms with Crippen molar-refractivity contribution in [2.45, 2.75) is 53.9 Å². The second kappa shape index (κ2) is 9.10. The van der Waals surface area contributed by atoms with E-state index in [1.807, 2.05) is 4.90 Å². The predicted molar refractivity (Wildman–Crippen MR) is 81.8 cm³/mol. The summed E-state index contributed by atoms with van der Waals surface area (Å²) in [4.78, 5) is 18.7. The van der Waals surface area contributed by atoms with E-state index >= 15 is 0 Å². The molecule has 19 heavy (non-hydrogen) atoms. The van der Waals surface area contributed by atoms with Gasteiger partial charge in [0, 0.05) is 0 Å². The summed E-state index contributed by atoms with van der Waals surface area (Å²) in [5, 5.41) is 0. The van der Waals surface area contributed by atoms with Gasteiger partial charge in [0.1, 0.15) is 0 Å². The lowest BCUT2D eigenvalue weighted by molar-refractivity contribution is -0.140. The van der Waals surface area contributed by atoms with Gasteiger partial charge in [-0.25, -0.2) is 0 Å². The molecule has 4 heteroatoms. The molecule has 0 aliphatic carbocycles. The quantitative estimate of drug-likeness (QED) is 0.475. The summed E-state index contributed by atoms with van der Waals surface area (Å²) in [6.45, 7) is 20.1. The van der Waals surface area contributed by atoms with Crippen LogP contribution in [0.5, 0.6) is 0 Å². The van der Waals surface area contributed by atoms with Crippen LogP contribution < -0.4 is 0 Å². The topological polar surface area (TPSA) is 26.8 Å². The maximum absolute atomic E-state index is 12.2. The third-order valence-electron chi connectivity index (χ3n) is 3.92. The van der Waals surface area contributed by atoms with Crippen molar-refractivity contribution >= 4 is 5.91 Å². The average Bonchev–Trinajstić information content (AvgIpc) is 2.41. The van der Waals surface area contributed by atoms with Gasteiger partial charge in [-0.15, -0.1) is 0 Å². The van der Waals surface area contributed by atoms with E-state index in [2.05, 4.69) is 57.9 Å². The minimum absolute atomic E-state index is 0.00111. The lowest BCUT2D eigenvalue weighted by atomic mass is 10.2. The Hall–Kier alpha value is -0.870. The van der Waals surface area contributed by atoms with Gasteiger partial charge in [-0.05, 0) is 46.1 Å². The molecule has 0 bridgehead atoms. The van der Waals surface area contributed by atoms with E-state index in [0.29, 0.717) is 0 Å². The third kappa shape index (κ3) is 4.62. The molecule has 112 valence electrons. The molecular weight excluding hydrogens is 238 g/mol. The van der Waals surface area contributed by atoms with Gasteiger partial charge in [-0.3, -0.25) is 14.6 Å². The van der Waals surface area contributed by atoms with E-state index in [4.69, 9.17) is 0 Å². The number of carbonyl (C=O) groups excluding carboxylic acids is 1. The van der Waals surface area contributed by atoms with Gasteiger partial charge in [0.25, 0.3) is 0 Å². The molecule has 4 nitrogen and oxygen atoms in total. The summed E-state index contributed by atoms with van der Waals surface area (Å²) < 4.78 is 0. The standard InChI is InChI=1S/C15H31N3O/c1-8-15(19)18(13(6)16(9-2)10-3)14(7)17(11-4)12-5/h8,13-14H,1,9-12H2,2-7H3. The first-order chi connectivity index (χ1) is 8.98. The third-order valence-corrected chi connectivity index (χ3v) is 3.92. The highest BCUT2D eigenvalue weighted by Gasteiger charge is 2.29.